The fourth-order valence-electron chi connectivity index (χ4n) is 3.15. The SMILES string of the molecule is O=C(COC1CCCCC1)NCCCN1CCC(O)CC1. The van der Waals surface area contributed by atoms with E-state index in [1.807, 2.05) is 0 Å². The molecule has 0 radical (unpaired) electrons. The fraction of sp³-hybridized carbons (Fsp3) is 0.938. The zero-order chi connectivity index (χ0) is 14.9. The van der Waals surface area contributed by atoms with Gasteiger partial charge in [-0.1, -0.05) is 19.3 Å². The molecule has 0 atom stereocenters. The number of nitrogens with one attached hydrogen (secondary N) is 1. The van der Waals surface area contributed by atoms with Gasteiger partial charge in [-0.15, -0.1) is 0 Å². The van der Waals surface area contributed by atoms with E-state index in [2.05, 4.69) is 10.2 Å². The predicted octanol–water partition coefficient (Wildman–Crippen LogP) is 1.30. The van der Waals surface area contributed by atoms with Crippen molar-refractivity contribution in [3.8, 4) is 0 Å². The molecule has 2 fully saturated rings. The highest BCUT2D eigenvalue weighted by Crippen LogP contribution is 2.19. The zero-order valence-corrected chi connectivity index (χ0v) is 13.1. The third-order valence-electron chi connectivity index (χ3n) is 4.53. The van der Waals surface area contributed by atoms with Gasteiger partial charge in [0.15, 0.2) is 0 Å². The van der Waals surface area contributed by atoms with Crippen molar-refractivity contribution in [2.45, 2.75) is 63.6 Å². The summed E-state index contributed by atoms with van der Waals surface area (Å²) in [6.45, 7) is 3.86. The molecule has 2 N–H and O–H groups in total. The Hall–Kier alpha value is -0.650. The van der Waals surface area contributed by atoms with Gasteiger partial charge in [0, 0.05) is 19.6 Å². The van der Waals surface area contributed by atoms with E-state index >= 15 is 0 Å². The van der Waals surface area contributed by atoms with Gasteiger partial charge in [-0.25, -0.2) is 0 Å². The molecule has 5 heteroatoms. The largest absolute Gasteiger partial charge is 0.393 e. The number of rotatable bonds is 7. The Bertz CT molecular complexity index is 298. The molecular weight excluding hydrogens is 268 g/mol. The van der Waals surface area contributed by atoms with Gasteiger partial charge in [0.05, 0.1) is 12.2 Å². The van der Waals surface area contributed by atoms with Crippen LogP contribution in [0.4, 0.5) is 0 Å². The van der Waals surface area contributed by atoms with E-state index < -0.39 is 0 Å². The number of piperidine rings is 1. The second-order valence-corrected chi connectivity index (χ2v) is 6.35. The van der Waals surface area contributed by atoms with Crippen LogP contribution < -0.4 is 5.32 Å². The van der Waals surface area contributed by atoms with E-state index in [-0.39, 0.29) is 18.6 Å². The lowest BCUT2D eigenvalue weighted by atomic mass is 9.98. The first-order chi connectivity index (χ1) is 10.2. The van der Waals surface area contributed by atoms with Crippen LogP contribution in [0.1, 0.15) is 51.4 Å². The first-order valence-corrected chi connectivity index (χ1v) is 8.53. The number of ether oxygens (including phenoxy) is 1. The normalized spacial score (nSPS) is 22.3. The second-order valence-electron chi connectivity index (χ2n) is 6.35. The molecule has 1 saturated carbocycles. The molecule has 0 aromatic rings. The molecule has 1 aliphatic carbocycles. The zero-order valence-electron chi connectivity index (χ0n) is 13.1. The van der Waals surface area contributed by atoms with Gasteiger partial charge in [0.2, 0.25) is 5.91 Å². The summed E-state index contributed by atoms with van der Waals surface area (Å²) in [5.74, 6) is 0.00893. The molecule has 1 heterocycles. The number of hydrogen-bond donors (Lipinski definition) is 2. The highest BCUT2D eigenvalue weighted by molar-refractivity contribution is 5.77. The second kappa shape index (κ2) is 9.38. The maximum absolute atomic E-state index is 11.7. The molecule has 1 amide bonds. The third-order valence-corrected chi connectivity index (χ3v) is 4.53. The van der Waals surface area contributed by atoms with Crippen LogP contribution in [0.5, 0.6) is 0 Å². The van der Waals surface area contributed by atoms with Crippen molar-refractivity contribution in [1.29, 1.82) is 0 Å². The molecule has 2 aliphatic rings. The molecule has 122 valence electrons. The van der Waals surface area contributed by atoms with Gasteiger partial charge in [-0.3, -0.25) is 4.79 Å². The molecule has 0 spiro atoms. The molecule has 0 unspecified atom stereocenters. The number of likely N-dealkylation sites (tertiary alicyclic amines) is 1. The lowest BCUT2D eigenvalue weighted by Gasteiger charge is -2.29. The van der Waals surface area contributed by atoms with Crippen molar-refractivity contribution in [3.05, 3.63) is 0 Å². The van der Waals surface area contributed by atoms with E-state index in [4.69, 9.17) is 4.74 Å². The first-order valence-electron chi connectivity index (χ1n) is 8.53. The molecule has 0 aromatic heterocycles. The summed E-state index contributed by atoms with van der Waals surface area (Å²) in [6, 6.07) is 0. The average molecular weight is 298 g/mol. The van der Waals surface area contributed by atoms with Gasteiger partial charge in [-0.05, 0) is 38.6 Å². The molecule has 5 nitrogen and oxygen atoms in total. The Morgan fingerprint density at radius 2 is 1.86 bits per heavy atom. The van der Waals surface area contributed by atoms with Crippen LogP contribution in [0.25, 0.3) is 0 Å². The maximum Gasteiger partial charge on any atom is 0.246 e. The summed E-state index contributed by atoms with van der Waals surface area (Å²) in [4.78, 5) is 14.1. The fourth-order valence-corrected chi connectivity index (χ4v) is 3.15. The van der Waals surface area contributed by atoms with Gasteiger partial charge in [-0.2, -0.15) is 0 Å². The number of aliphatic hydroxyl groups is 1. The van der Waals surface area contributed by atoms with Gasteiger partial charge in [0.1, 0.15) is 6.61 Å². The first kappa shape index (κ1) is 16.7. The summed E-state index contributed by atoms with van der Waals surface area (Å²) in [5.41, 5.74) is 0. The van der Waals surface area contributed by atoms with E-state index in [0.29, 0.717) is 12.6 Å². The molecule has 2 rings (SSSR count). The summed E-state index contributed by atoms with van der Waals surface area (Å²) in [7, 11) is 0. The van der Waals surface area contributed by atoms with Crippen LogP contribution in [-0.2, 0) is 9.53 Å². The number of nitrogens with zero attached hydrogens (tertiary/aromatic N) is 1. The summed E-state index contributed by atoms with van der Waals surface area (Å²) >= 11 is 0. The van der Waals surface area contributed by atoms with Gasteiger partial charge in [0.25, 0.3) is 0 Å². The lowest BCUT2D eigenvalue weighted by Crippen LogP contribution is -2.38. The molecule has 21 heavy (non-hydrogen) atoms. The Morgan fingerprint density at radius 3 is 2.57 bits per heavy atom. The summed E-state index contributed by atoms with van der Waals surface area (Å²) in [5, 5.41) is 12.4. The number of amides is 1. The summed E-state index contributed by atoms with van der Waals surface area (Å²) < 4.78 is 5.65. The van der Waals surface area contributed by atoms with Crippen LogP contribution in [0.3, 0.4) is 0 Å². The van der Waals surface area contributed by atoms with Crippen LogP contribution in [0, 0.1) is 0 Å². The molecular formula is C16H30N2O3. The minimum absolute atomic E-state index is 0.00893. The Morgan fingerprint density at radius 1 is 1.14 bits per heavy atom. The van der Waals surface area contributed by atoms with Crippen molar-refractivity contribution >= 4 is 5.91 Å². The predicted molar refractivity (Wildman–Crippen MR) is 82.1 cm³/mol. The van der Waals surface area contributed by atoms with Crippen LogP contribution in [0.15, 0.2) is 0 Å². The van der Waals surface area contributed by atoms with Crippen molar-refractivity contribution < 1.29 is 14.6 Å². The van der Waals surface area contributed by atoms with Crippen LogP contribution >= 0.6 is 0 Å². The highest BCUT2D eigenvalue weighted by atomic mass is 16.5. The molecule has 1 aliphatic heterocycles. The van der Waals surface area contributed by atoms with E-state index in [1.165, 1.54) is 19.3 Å². The number of hydrogen-bond acceptors (Lipinski definition) is 4. The van der Waals surface area contributed by atoms with Crippen LogP contribution in [-0.4, -0.2) is 60.9 Å². The standard InChI is InChI=1S/C16H30N2O3/c19-14-7-11-18(12-8-14)10-4-9-17-16(20)13-21-15-5-2-1-3-6-15/h14-15,19H,1-13H2,(H,17,20). The van der Waals surface area contributed by atoms with Gasteiger partial charge < -0.3 is 20.1 Å². The number of aliphatic hydroxyl groups excluding tert-OH is 1. The van der Waals surface area contributed by atoms with Crippen molar-refractivity contribution in [1.82, 2.24) is 10.2 Å². The van der Waals surface area contributed by atoms with Crippen molar-refractivity contribution in [3.63, 3.8) is 0 Å². The minimum atomic E-state index is -0.113. The van der Waals surface area contributed by atoms with E-state index in [1.54, 1.807) is 0 Å². The topological polar surface area (TPSA) is 61.8 Å². The van der Waals surface area contributed by atoms with Crippen molar-refractivity contribution in [2.75, 3.05) is 32.8 Å². The summed E-state index contributed by atoms with van der Waals surface area (Å²) in [6.07, 6.45) is 8.88. The van der Waals surface area contributed by atoms with Crippen LogP contribution in [0.2, 0.25) is 0 Å². The third kappa shape index (κ3) is 6.76. The van der Waals surface area contributed by atoms with Crippen molar-refractivity contribution in [2.24, 2.45) is 0 Å². The minimum Gasteiger partial charge on any atom is -0.393 e. The van der Waals surface area contributed by atoms with E-state index in [0.717, 1.165) is 51.7 Å². The highest BCUT2D eigenvalue weighted by Gasteiger charge is 2.17. The smallest absolute Gasteiger partial charge is 0.246 e. The Labute approximate surface area is 128 Å². The van der Waals surface area contributed by atoms with Gasteiger partial charge >= 0.3 is 0 Å². The maximum atomic E-state index is 11.7. The number of carbonyl (C=O) groups excluding carboxylic acids is 1. The van der Waals surface area contributed by atoms with E-state index in [9.17, 15) is 9.90 Å². The lowest BCUT2D eigenvalue weighted by molar-refractivity contribution is -0.128. The quantitative estimate of drug-likeness (QED) is 0.696. The molecule has 1 saturated heterocycles. The Balaban J connectivity index is 1.45. The molecule has 0 aromatic carbocycles. The number of carbonyl (C=O) groups is 1. The molecule has 0 bridgehead atoms. The Kier molecular flexibility index (Phi) is 7.47. The average Bonchev–Trinajstić information content (AvgIpc) is 2.52. The monoisotopic (exact) mass is 298 g/mol.